The van der Waals surface area contributed by atoms with Gasteiger partial charge >= 0.3 is 0 Å². The Morgan fingerprint density at radius 1 is 1.39 bits per heavy atom. The van der Waals surface area contributed by atoms with Crippen molar-refractivity contribution >= 4 is 15.9 Å². The summed E-state index contributed by atoms with van der Waals surface area (Å²) in [4.78, 5) is 4.34. The van der Waals surface area contributed by atoms with Crippen molar-refractivity contribution in [2.75, 3.05) is 6.54 Å². The van der Waals surface area contributed by atoms with Crippen LogP contribution in [0, 0.1) is 0 Å². The molecule has 0 bridgehead atoms. The summed E-state index contributed by atoms with van der Waals surface area (Å²) in [5.74, 6) is 1.52. The lowest BCUT2D eigenvalue weighted by Gasteiger charge is -2.08. The molecule has 1 N–H and O–H groups in total. The molecule has 3 nitrogen and oxygen atoms in total. The maximum absolute atomic E-state index is 5.81. The van der Waals surface area contributed by atoms with Gasteiger partial charge < -0.3 is 9.73 Å². The van der Waals surface area contributed by atoms with Gasteiger partial charge in [-0.2, -0.15) is 0 Å². The number of aromatic nitrogens is 1. The van der Waals surface area contributed by atoms with E-state index < -0.39 is 0 Å². The van der Waals surface area contributed by atoms with Gasteiger partial charge in [-0.3, -0.25) is 0 Å². The monoisotopic (exact) mass is 308 g/mol. The number of halogens is 1. The van der Waals surface area contributed by atoms with E-state index in [1.54, 1.807) is 6.20 Å². The Kier molecular flexibility index (Phi) is 4.55. The molecule has 0 radical (unpaired) electrons. The molecule has 2 rings (SSSR count). The highest BCUT2D eigenvalue weighted by Gasteiger charge is 2.13. The molecule has 96 valence electrons. The Morgan fingerprint density at radius 2 is 2.17 bits per heavy atom. The van der Waals surface area contributed by atoms with Crippen molar-refractivity contribution < 1.29 is 4.42 Å². The van der Waals surface area contributed by atoms with E-state index in [1.807, 2.05) is 24.3 Å². The minimum Gasteiger partial charge on any atom is -0.439 e. The van der Waals surface area contributed by atoms with Gasteiger partial charge in [0.15, 0.2) is 5.76 Å². The van der Waals surface area contributed by atoms with E-state index in [4.69, 9.17) is 4.42 Å². The van der Waals surface area contributed by atoms with Crippen molar-refractivity contribution in [2.24, 2.45) is 0 Å². The fraction of sp³-hybridized carbons (Fsp3) is 0.357. The number of oxazole rings is 1. The van der Waals surface area contributed by atoms with E-state index in [0.29, 0.717) is 0 Å². The van der Waals surface area contributed by atoms with Crippen LogP contribution in [0.15, 0.2) is 39.4 Å². The topological polar surface area (TPSA) is 38.1 Å². The van der Waals surface area contributed by atoms with Crippen molar-refractivity contribution in [3.63, 3.8) is 0 Å². The third kappa shape index (κ3) is 3.00. The van der Waals surface area contributed by atoms with Gasteiger partial charge in [0.1, 0.15) is 0 Å². The molecule has 4 heteroatoms. The molecule has 0 aliphatic heterocycles. The van der Waals surface area contributed by atoms with Crippen LogP contribution in [-0.4, -0.2) is 11.5 Å². The van der Waals surface area contributed by atoms with Crippen LogP contribution >= 0.6 is 15.9 Å². The van der Waals surface area contributed by atoms with Gasteiger partial charge in [-0.1, -0.05) is 41.1 Å². The van der Waals surface area contributed by atoms with E-state index >= 15 is 0 Å². The van der Waals surface area contributed by atoms with Crippen molar-refractivity contribution in [3.8, 4) is 11.3 Å². The van der Waals surface area contributed by atoms with Gasteiger partial charge in [-0.15, -0.1) is 0 Å². The van der Waals surface area contributed by atoms with Crippen LogP contribution < -0.4 is 5.32 Å². The Morgan fingerprint density at radius 3 is 2.89 bits per heavy atom. The van der Waals surface area contributed by atoms with Crippen LogP contribution in [-0.2, 0) is 0 Å². The van der Waals surface area contributed by atoms with E-state index in [9.17, 15) is 0 Å². The molecule has 0 saturated carbocycles. The number of nitrogens with zero attached hydrogens (tertiary/aromatic N) is 1. The summed E-state index contributed by atoms with van der Waals surface area (Å²) in [6.07, 6.45) is 2.88. The van der Waals surface area contributed by atoms with Gasteiger partial charge in [0, 0.05) is 10.0 Å². The molecule has 2 aromatic rings. The highest BCUT2D eigenvalue weighted by molar-refractivity contribution is 9.10. The molecule has 18 heavy (non-hydrogen) atoms. The lowest BCUT2D eigenvalue weighted by Crippen LogP contribution is -2.19. The zero-order valence-corrected chi connectivity index (χ0v) is 12.2. The maximum Gasteiger partial charge on any atom is 0.211 e. The average Bonchev–Trinajstić information content (AvgIpc) is 2.86. The van der Waals surface area contributed by atoms with Gasteiger partial charge in [0.25, 0.3) is 0 Å². The SMILES string of the molecule is CCCNC(C)c1ncc(-c2ccccc2Br)o1. The Balaban J connectivity index is 2.18. The molecule has 1 heterocycles. The second-order valence-corrected chi connectivity index (χ2v) is 5.07. The molecule has 1 unspecified atom stereocenters. The third-order valence-electron chi connectivity index (χ3n) is 2.73. The molecular formula is C14H17BrN2O. The second kappa shape index (κ2) is 6.16. The molecule has 0 aliphatic carbocycles. The molecule has 0 amide bonds. The van der Waals surface area contributed by atoms with Crippen molar-refractivity contribution in [1.29, 1.82) is 0 Å². The summed E-state index contributed by atoms with van der Waals surface area (Å²) >= 11 is 3.52. The quantitative estimate of drug-likeness (QED) is 0.901. The number of nitrogens with one attached hydrogen (secondary N) is 1. The summed E-state index contributed by atoms with van der Waals surface area (Å²) in [5, 5.41) is 3.36. The molecular weight excluding hydrogens is 292 g/mol. The first-order valence-electron chi connectivity index (χ1n) is 6.16. The van der Waals surface area contributed by atoms with Gasteiger partial charge in [-0.05, 0) is 26.0 Å². The first-order chi connectivity index (χ1) is 8.72. The largest absolute Gasteiger partial charge is 0.439 e. The summed E-state index contributed by atoms with van der Waals surface area (Å²) in [6.45, 7) is 5.17. The van der Waals surface area contributed by atoms with Gasteiger partial charge in [-0.25, -0.2) is 4.98 Å². The molecule has 1 atom stereocenters. The first kappa shape index (κ1) is 13.3. The molecule has 1 aromatic heterocycles. The zero-order chi connectivity index (χ0) is 13.0. The van der Waals surface area contributed by atoms with Crippen LogP contribution in [0.1, 0.15) is 32.2 Å². The highest BCUT2D eigenvalue weighted by Crippen LogP contribution is 2.29. The van der Waals surface area contributed by atoms with Crippen molar-refractivity contribution in [3.05, 3.63) is 40.8 Å². The standard InChI is InChI=1S/C14H17BrN2O/c1-3-8-16-10(2)14-17-9-13(18-14)11-6-4-5-7-12(11)15/h4-7,9-10,16H,3,8H2,1-2H3. The third-order valence-corrected chi connectivity index (χ3v) is 3.43. The fourth-order valence-electron chi connectivity index (χ4n) is 1.72. The Bertz CT molecular complexity index is 510. The van der Waals surface area contributed by atoms with E-state index in [-0.39, 0.29) is 6.04 Å². The fourth-order valence-corrected chi connectivity index (χ4v) is 2.20. The van der Waals surface area contributed by atoms with Crippen LogP contribution in [0.5, 0.6) is 0 Å². The minimum atomic E-state index is 0.140. The summed E-state index contributed by atoms with van der Waals surface area (Å²) in [5.41, 5.74) is 1.03. The predicted octanol–water partition coefficient (Wildman–Crippen LogP) is 4.16. The number of rotatable bonds is 5. The predicted molar refractivity (Wildman–Crippen MR) is 76.3 cm³/mol. The number of hydrogen-bond donors (Lipinski definition) is 1. The average molecular weight is 309 g/mol. The van der Waals surface area contributed by atoms with E-state index in [2.05, 4.69) is 40.1 Å². The maximum atomic E-state index is 5.81. The molecule has 0 fully saturated rings. The van der Waals surface area contributed by atoms with Crippen molar-refractivity contribution in [1.82, 2.24) is 10.3 Å². The van der Waals surface area contributed by atoms with E-state index in [1.165, 1.54) is 0 Å². The van der Waals surface area contributed by atoms with Crippen LogP contribution in [0.3, 0.4) is 0 Å². The molecule has 0 saturated heterocycles. The zero-order valence-electron chi connectivity index (χ0n) is 10.6. The van der Waals surface area contributed by atoms with Crippen LogP contribution in [0.2, 0.25) is 0 Å². The highest BCUT2D eigenvalue weighted by atomic mass is 79.9. The Labute approximate surface area is 116 Å². The lowest BCUT2D eigenvalue weighted by atomic mass is 10.2. The van der Waals surface area contributed by atoms with Crippen LogP contribution in [0.25, 0.3) is 11.3 Å². The Hall–Kier alpha value is -1.13. The summed E-state index contributed by atoms with van der Waals surface area (Å²) in [7, 11) is 0. The second-order valence-electron chi connectivity index (χ2n) is 4.22. The number of benzene rings is 1. The number of hydrogen-bond acceptors (Lipinski definition) is 3. The summed E-state index contributed by atoms with van der Waals surface area (Å²) < 4.78 is 6.82. The molecule has 0 spiro atoms. The van der Waals surface area contributed by atoms with Crippen molar-refractivity contribution in [2.45, 2.75) is 26.3 Å². The smallest absolute Gasteiger partial charge is 0.211 e. The molecule has 1 aromatic carbocycles. The van der Waals surface area contributed by atoms with Gasteiger partial charge in [0.2, 0.25) is 5.89 Å². The normalized spacial score (nSPS) is 12.6. The minimum absolute atomic E-state index is 0.140. The van der Waals surface area contributed by atoms with Gasteiger partial charge in [0.05, 0.1) is 12.2 Å². The lowest BCUT2D eigenvalue weighted by molar-refractivity contribution is 0.423. The first-order valence-corrected chi connectivity index (χ1v) is 6.95. The molecule has 0 aliphatic rings. The van der Waals surface area contributed by atoms with E-state index in [0.717, 1.165) is 34.7 Å². The summed E-state index contributed by atoms with van der Waals surface area (Å²) in [6, 6.07) is 8.12. The van der Waals surface area contributed by atoms with Crippen LogP contribution in [0.4, 0.5) is 0 Å².